The summed E-state index contributed by atoms with van der Waals surface area (Å²) in [6, 6.07) is 1.23. The van der Waals surface area contributed by atoms with E-state index in [0.29, 0.717) is 18.0 Å². The number of rotatable bonds is 4. The predicted octanol–water partition coefficient (Wildman–Crippen LogP) is 1.52. The van der Waals surface area contributed by atoms with Crippen LogP contribution in [0.4, 0.5) is 4.79 Å². The summed E-state index contributed by atoms with van der Waals surface area (Å²) < 4.78 is 0. The summed E-state index contributed by atoms with van der Waals surface area (Å²) >= 11 is 0. The van der Waals surface area contributed by atoms with Gasteiger partial charge in [-0.2, -0.15) is 0 Å². The Kier molecular flexibility index (Phi) is 3.92. The molecule has 0 aromatic heterocycles. The number of likely N-dealkylation sites (N-methyl/N-ethyl adjacent to an activating group) is 1. The van der Waals surface area contributed by atoms with Crippen LogP contribution in [0, 0.1) is 5.92 Å². The third kappa shape index (κ3) is 2.73. The average molecular weight is 239 g/mol. The first-order valence-corrected chi connectivity index (χ1v) is 6.84. The van der Waals surface area contributed by atoms with Crippen LogP contribution < -0.4 is 5.32 Å². The predicted molar refractivity (Wildman–Crippen MR) is 69.0 cm³/mol. The standard InChI is InChI=1S/C13H25N3O/c1-10(2)12-9-16(13(17)15(12)3)8-6-11-5-4-7-14-11/h10-12,14H,4-9H2,1-3H3. The summed E-state index contributed by atoms with van der Waals surface area (Å²) in [5.41, 5.74) is 0. The lowest BCUT2D eigenvalue weighted by molar-refractivity contribution is 0.190. The maximum Gasteiger partial charge on any atom is 0.320 e. The number of carbonyl (C=O) groups excluding carboxylic acids is 1. The van der Waals surface area contributed by atoms with Crippen molar-refractivity contribution in [1.82, 2.24) is 15.1 Å². The monoisotopic (exact) mass is 239 g/mol. The maximum absolute atomic E-state index is 12.1. The van der Waals surface area contributed by atoms with Crippen molar-refractivity contribution < 1.29 is 4.79 Å². The van der Waals surface area contributed by atoms with Crippen LogP contribution in [0.5, 0.6) is 0 Å². The van der Waals surface area contributed by atoms with Gasteiger partial charge in [0.15, 0.2) is 0 Å². The molecule has 2 atom stereocenters. The Hall–Kier alpha value is -0.770. The molecule has 4 nitrogen and oxygen atoms in total. The number of carbonyl (C=O) groups is 1. The van der Waals surface area contributed by atoms with E-state index in [9.17, 15) is 4.79 Å². The van der Waals surface area contributed by atoms with Crippen molar-refractivity contribution in [2.75, 3.05) is 26.7 Å². The summed E-state index contributed by atoms with van der Waals surface area (Å²) in [5, 5.41) is 3.49. The molecule has 0 saturated carbocycles. The van der Waals surface area contributed by atoms with Crippen molar-refractivity contribution in [3.05, 3.63) is 0 Å². The van der Waals surface area contributed by atoms with Gasteiger partial charge in [-0.3, -0.25) is 0 Å². The highest BCUT2D eigenvalue weighted by Crippen LogP contribution is 2.21. The highest BCUT2D eigenvalue weighted by Gasteiger charge is 2.36. The van der Waals surface area contributed by atoms with Crippen molar-refractivity contribution in [3.63, 3.8) is 0 Å². The molecule has 0 aliphatic carbocycles. The molecule has 2 aliphatic rings. The highest BCUT2D eigenvalue weighted by atomic mass is 16.2. The van der Waals surface area contributed by atoms with Crippen molar-refractivity contribution in [2.24, 2.45) is 5.92 Å². The normalized spacial score (nSPS) is 29.8. The van der Waals surface area contributed by atoms with E-state index >= 15 is 0 Å². The molecular weight excluding hydrogens is 214 g/mol. The smallest absolute Gasteiger partial charge is 0.320 e. The van der Waals surface area contributed by atoms with E-state index in [4.69, 9.17) is 0 Å². The Labute approximate surface area is 104 Å². The highest BCUT2D eigenvalue weighted by molar-refractivity contribution is 5.76. The molecule has 2 fully saturated rings. The fraction of sp³-hybridized carbons (Fsp3) is 0.923. The summed E-state index contributed by atoms with van der Waals surface area (Å²) in [4.78, 5) is 16.0. The van der Waals surface area contributed by atoms with Crippen LogP contribution in [0.1, 0.15) is 33.1 Å². The first kappa shape index (κ1) is 12.7. The molecule has 2 unspecified atom stereocenters. The topological polar surface area (TPSA) is 35.6 Å². The SMILES string of the molecule is CC(C)C1CN(CCC2CCCN2)C(=O)N1C. The molecule has 2 amide bonds. The van der Waals surface area contributed by atoms with E-state index in [-0.39, 0.29) is 6.03 Å². The van der Waals surface area contributed by atoms with Gasteiger partial charge in [0.2, 0.25) is 0 Å². The molecule has 2 saturated heterocycles. The van der Waals surface area contributed by atoms with Crippen LogP contribution in [0.25, 0.3) is 0 Å². The second-order valence-electron chi connectivity index (χ2n) is 5.73. The van der Waals surface area contributed by atoms with Gasteiger partial charge in [0, 0.05) is 26.2 Å². The lowest BCUT2D eigenvalue weighted by Crippen LogP contribution is -2.34. The van der Waals surface area contributed by atoms with E-state index in [2.05, 4.69) is 19.2 Å². The summed E-state index contributed by atoms with van der Waals surface area (Å²) in [6.45, 7) is 7.34. The summed E-state index contributed by atoms with van der Waals surface area (Å²) in [5.74, 6) is 0.540. The number of nitrogens with one attached hydrogen (secondary N) is 1. The van der Waals surface area contributed by atoms with Gasteiger partial charge in [0.05, 0.1) is 6.04 Å². The molecule has 0 radical (unpaired) electrons. The fourth-order valence-corrected chi connectivity index (χ4v) is 2.95. The van der Waals surface area contributed by atoms with Crippen LogP contribution >= 0.6 is 0 Å². The van der Waals surface area contributed by atoms with Gasteiger partial charge >= 0.3 is 6.03 Å². The van der Waals surface area contributed by atoms with Gasteiger partial charge in [-0.05, 0) is 31.7 Å². The molecule has 0 bridgehead atoms. The maximum atomic E-state index is 12.1. The third-order valence-electron chi connectivity index (χ3n) is 4.16. The Morgan fingerprint density at radius 2 is 2.24 bits per heavy atom. The molecule has 1 N–H and O–H groups in total. The second kappa shape index (κ2) is 5.25. The molecule has 4 heteroatoms. The van der Waals surface area contributed by atoms with E-state index in [0.717, 1.165) is 26.1 Å². The van der Waals surface area contributed by atoms with Crippen molar-refractivity contribution in [1.29, 1.82) is 0 Å². The van der Waals surface area contributed by atoms with Gasteiger partial charge < -0.3 is 15.1 Å². The van der Waals surface area contributed by atoms with Crippen LogP contribution in [0.15, 0.2) is 0 Å². The molecule has 2 heterocycles. The average Bonchev–Trinajstić information content (AvgIpc) is 2.88. The fourth-order valence-electron chi connectivity index (χ4n) is 2.95. The first-order valence-electron chi connectivity index (χ1n) is 6.84. The zero-order valence-electron chi connectivity index (χ0n) is 11.3. The molecule has 0 aromatic carbocycles. The van der Waals surface area contributed by atoms with Crippen molar-refractivity contribution >= 4 is 6.03 Å². The first-order chi connectivity index (χ1) is 8.09. The van der Waals surface area contributed by atoms with E-state index < -0.39 is 0 Å². The minimum atomic E-state index is 0.210. The zero-order valence-corrected chi connectivity index (χ0v) is 11.3. The minimum absolute atomic E-state index is 0.210. The van der Waals surface area contributed by atoms with E-state index in [1.54, 1.807) is 0 Å². The number of nitrogens with zero attached hydrogens (tertiary/aromatic N) is 2. The molecular formula is C13H25N3O. The number of hydrogen-bond acceptors (Lipinski definition) is 2. The molecule has 2 rings (SSSR count). The summed E-state index contributed by atoms with van der Waals surface area (Å²) in [6.07, 6.45) is 3.66. The van der Waals surface area contributed by atoms with Gasteiger partial charge in [-0.25, -0.2) is 4.79 Å². The lowest BCUT2D eigenvalue weighted by Gasteiger charge is -2.20. The Morgan fingerprint density at radius 3 is 2.76 bits per heavy atom. The van der Waals surface area contributed by atoms with E-state index in [1.807, 2.05) is 16.8 Å². The number of amides is 2. The van der Waals surface area contributed by atoms with Gasteiger partial charge in [-0.1, -0.05) is 13.8 Å². The number of hydrogen-bond donors (Lipinski definition) is 1. The molecule has 98 valence electrons. The second-order valence-corrected chi connectivity index (χ2v) is 5.73. The van der Waals surface area contributed by atoms with Gasteiger partial charge in [-0.15, -0.1) is 0 Å². The van der Waals surface area contributed by atoms with Crippen LogP contribution in [0.3, 0.4) is 0 Å². The third-order valence-corrected chi connectivity index (χ3v) is 4.16. The van der Waals surface area contributed by atoms with Crippen molar-refractivity contribution in [3.8, 4) is 0 Å². The molecule has 2 aliphatic heterocycles. The molecule has 0 spiro atoms. The largest absolute Gasteiger partial charge is 0.323 e. The molecule has 17 heavy (non-hydrogen) atoms. The van der Waals surface area contributed by atoms with Crippen LogP contribution in [0.2, 0.25) is 0 Å². The zero-order chi connectivity index (χ0) is 12.4. The lowest BCUT2D eigenvalue weighted by atomic mass is 10.0. The Bertz CT molecular complexity index is 274. The van der Waals surface area contributed by atoms with Gasteiger partial charge in [0.25, 0.3) is 0 Å². The Morgan fingerprint density at radius 1 is 1.47 bits per heavy atom. The van der Waals surface area contributed by atoms with Crippen LogP contribution in [-0.4, -0.2) is 54.6 Å². The van der Waals surface area contributed by atoms with Crippen LogP contribution in [-0.2, 0) is 0 Å². The number of urea groups is 1. The van der Waals surface area contributed by atoms with Crippen molar-refractivity contribution in [2.45, 2.75) is 45.2 Å². The van der Waals surface area contributed by atoms with Gasteiger partial charge in [0.1, 0.15) is 0 Å². The quantitative estimate of drug-likeness (QED) is 0.807. The Balaban J connectivity index is 1.83. The summed E-state index contributed by atoms with van der Waals surface area (Å²) in [7, 11) is 1.93. The van der Waals surface area contributed by atoms with E-state index in [1.165, 1.54) is 12.8 Å². The minimum Gasteiger partial charge on any atom is -0.323 e. The molecule has 0 aromatic rings.